The number of imidazole rings is 1. The number of hydrogen-bond donors (Lipinski definition) is 1. The van der Waals surface area contributed by atoms with Crippen LogP contribution >= 0.6 is 11.3 Å². The molecule has 1 saturated heterocycles. The number of carbonyl (C=O) groups excluding carboxylic acids is 1. The van der Waals surface area contributed by atoms with Crippen LogP contribution in [0.2, 0.25) is 0 Å². The largest absolute Gasteiger partial charge is 0.381 e. The second kappa shape index (κ2) is 7.68. The van der Waals surface area contributed by atoms with Crippen LogP contribution in [0.1, 0.15) is 30.1 Å². The molecule has 134 valence electrons. The molecule has 2 aromatic heterocycles. The van der Waals surface area contributed by atoms with Gasteiger partial charge in [0.15, 0.2) is 0 Å². The summed E-state index contributed by atoms with van der Waals surface area (Å²) in [6.07, 6.45) is 5.73. The average Bonchev–Trinajstić information content (AvgIpc) is 3.31. The lowest BCUT2D eigenvalue weighted by Gasteiger charge is -2.34. The van der Waals surface area contributed by atoms with Crippen LogP contribution in [-0.4, -0.2) is 46.7 Å². The van der Waals surface area contributed by atoms with Gasteiger partial charge in [-0.25, -0.2) is 4.98 Å². The van der Waals surface area contributed by atoms with Gasteiger partial charge in [-0.05, 0) is 41.1 Å². The molecule has 25 heavy (non-hydrogen) atoms. The van der Waals surface area contributed by atoms with Crippen LogP contribution in [0.15, 0.2) is 29.4 Å². The van der Waals surface area contributed by atoms with Crippen LogP contribution in [0.5, 0.6) is 0 Å². The van der Waals surface area contributed by atoms with Gasteiger partial charge in [0.05, 0.1) is 12.0 Å². The Morgan fingerprint density at radius 1 is 1.40 bits per heavy atom. The van der Waals surface area contributed by atoms with Gasteiger partial charge in [-0.2, -0.15) is 11.3 Å². The first-order chi connectivity index (χ1) is 12.3. The van der Waals surface area contributed by atoms with E-state index >= 15 is 0 Å². The summed E-state index contributed by atoms with van der Waals surface area (Å²) in [6, 6.07) is 1.95. The summed E-state index contributed by atoms with van der Waals surface area (Å²) in [6.45, 7) is 4.79. The van der Waals surface area contributed by atoms with Gasteiger partial charge in [0.25, 0.3) is 0 Å². The van der Waals surface area contributed by atoms with E-state index in [0.717, 1.165) is 57.9 Å². The lowest BCUT2D eigenvalue weighted by atomic mass is 10.0. The zero-order valence-electron chi connectivity index (χ0n) is 14.3. The first-order valence-electron chi connectivity index (χ1n) is 8.89. The number of nitrogens with zero attached hydrogens (tertiary/aromatic N) is 3. The highest BCUT2D eigenvalue weighted by Crippen LogP contribution is 2.23. The molecular weight excluding hydrogens is 336 g/mol. The number of thiophene rings is 1. The van der Waals surface area contributed by atoms with Gasteiger partial charge in [-0.15, -0.1) is 0 Å². The van der Waals surface area contributed by atoms with Gasteiger partial charge < -0.3 is 14.6 Å². The van der Waals surface area contributed by atoms with Crippen LogP contribution in [0.4, 0.5) is 0 Å². The fourth-order valence-corrected chi connectivity index (χ4v) is 4.30. The maximum atomic E-state index is 12.8. The molecule has 0 bridgehead atoms. The van der Waals surface area contributed by atoms with Crippen molar-refractivity contribution in [2.24, 2.45) is 5.92 Å². The van der Waals surface area contributed by atoms with Crippen molar-refractivity contribution < 1.29 is 9.53 Å². The average molecular weight is 360 g/mol. The fraction of sp³-hybridized carbons (Fsp3) is 0.556. The third-order valence-electron chi connectivity index (χ3n) is 5.09. The molecule has 2 aromatic rings. The van der Waals surface area contributed by atoms with E-state index < -0.39 is 0 Å². The molecule has 1 fully saturated rings. The van der Waals surface area contributed by atoms with Gasteiger partial charge in [-0.3, -0.25) is 9.69 Å². The summed E-state index contributed by atoms with van der Waals surface area (Å²) < 4.78 is 7.42. The Morgan fingerprint density at radius 2 is 2.28 bits per heavy atom. The Morgan fingerprint density at radius 3 is 3.08 bits per heavy atom. The lowest BCUT2D eigenvalue weighted by Crippen LogP contribution is -2.45. The monoisotopic (exact) mass is 360 g/mol. The van der Waals surface area contributed by atoms with Gasteiger partial charge in [0.2, 0.25) is 5.91 Å². The number of carbonyl (C=O) groups is 1. The molecule has 2 aliphatic heterocycles. The SMILES string of the molecule is O=C(NCC1CCOCC1)[C@H]1CN(Cc2ccsc2)Cc2cncn21. The van der Waals surface area contributed by atoms with Crippen molar-refractivity contribution in [3.8, 4) is 0 Å². The topological polar surface area (TPSA) is 59.4 Å². The second-order valence-corrected chi connectivity index (χ2v) is 7.69. The number of nitrogens with one attached hydrogen (secondary N) is 1. The van der Waals surface area contributed by atoms with Crippen molar-refractivity contribution in [3.63, 3.8) is 0 Å². The highest BCUT2D eigenvalue weighted by molar-refractivity contribution is 7.07. The summed E-state index contributed by atoms with van der Waals surface area (Å²) in [5.74, 6) is 0.631. The molecule has 4 rings (SSSR count). The summed E-state index contributed by atoms with van der Waals surface area (Å²) >= 11 is 1.71. The Kier molecular flexibility index (Phi) is 5.14. The molecule has 1 N–H and O–H groups in total. The van der Waals surface area contributed by atoms with Crippen molar-refractivity contribution in [1.82, 2.24) is 19.8 Å². The first-order valence-corrected chi connectivity index (χ1v) is 9.83. The Hall–Kier alpha value is -1.70. The molecule has 7 heteroatoms. The number of rotatable bonds is 5. The molecule has 0 spiro atoms. The Bertz CT molecular complexity index is 694. The van der Waals surface area contributed by atoms with E-state index in [9.17, 15) is 4.79 Å². The number of fused-ring (bicyclic) bond motifs is 1. The minimum absolute atomic E-state index is 0.0979. The second-order valence-electron chi connectivity index (χ2n) is 6.91. The van der Waals surface area contributed by atoms with Crippen molar-refractivity contribution in [2.75, 3.05) is 26.3 Å². The molecule has 0 unspecified atom stereocenters. The summed E-state index contributed by atoms with van der Waals surface area (Å²) in [7, 11) is 0. The van der Waals surface area contributed by atoms with Crippen molar-refractivity contribution in [2.45, 2.75) is 32.0 Å². The predicted molar refractivity (Wildman–Crippen MR) is 96.2 cm³/mol. The quantitative estimate of drug-likeness (QED) is 0.887. The van der Waals surface area contributed by atoms with E-state index in [1.54, 1.807) is 17.7 Å². The number of aromatic nitrogens is 2. The molecule has 2 aliphatic rings. The van der Waals surface area contributed by atoms with E-state index in [1.165, 1.54) is 5.56 Å². The van der Waals surface area contributed by atoms with Crippen molar-refractivity contribution in [1.29, 1.82) is 0 Å². The molecule has 0 radical (unpaired) electrons. The highest BCUT2D eigenvalue weighted by Gasteiger charge is 2.30. The zero-order chi connectivity index (χ0) is 17.1. The number of amides is 1. The maximum Gasteiger partial charge on any atom is 0.244 e. The highest BCUT2D eigenvalue weighted by atomic mass is 32.1. The van der Waals surface area contributed by atoms with Crippen molar-refractivity contribution in [3.05, 3.63) is 40.6 Å². The minimum Gasteiger partial charge on any atom is -0.381 e. The van der Waals surface area contributed by atoms with Crippen LogP contribution in [0, 0.1) is 5.92 Å². The molecule has 0 aliphatic carbocycles. The van der Waals surface area contributed by atoms with Crippen LogP contribution in [-0.2, 0) is 22.6 Å². The third kappa shape index (κ3) is 3.94. The molecule has 1 atom stereocenters. The fourth-order valence-electron chi connectivity index (χ4n) is 3.65. The van der Waals surface area contributed by atoms with E-state index in [0.29, 0.717) is 5.92 Å². The predicted octanol–water partition coefficient (Wildman–Crippen LogP) is 2.04. The standard InChI is InChI=1S/C18H24N4O2S/c23-18(20-7-14-1-4-24-5-2-14)17-11-21(9-15-3-6-25-12-15)10-16-8-19-13-22(16)17/h3,6,8,12-14,17H,1-2,4-5,7,9-11H2,(H,20,23)/t17-/m1/s1. The van der Waals surface area contributed by atoms with Gasteiger partial charge >= 0.3 is 0 Å². The summed E-state index contributed by atoms with van der Waals surface area (Å²) in [5.41, 5.74) is 2.41. The van der Waals surface area contributed by atoms with E-state index in [2.05, 4.69) is 32.0 Å². The van der Waals surface area contributed by atoms with Gasteiger partial charge in [0.1, 0.15) is 6.04 Å². The first kappa shape index (κ1) is 16.8. The summed E-state index contributed by atoms with van der Waals surface area (Å²) in [4.78, 5) is 19.4. The van der Waals surface area contributed by atoms with E-state index in [-0.39, 0.29) is 11.9 Å². The lowest BCUT2D eigenvalue weighted by molar-refractivity contribution is -0.126. The summed E-state index contributed by atoms with van der Waals surface area (Å²) in [5, 5.41) is 7.44. The number of hydrogen-bond acceptors (Lipinski definition) is 5. The molecule has 1 amide bonds. The van der Waals surface area contributed by atoms with Gasteiger partial charge in [0, 0.05) is 45.6 Å². The smallest absolute Gasteiger partial charge is 0.244 e. The molecule has 4 heterocycles. The number of ether oxygens (including phenoxy) is 1. The molecule has 0 saturated carbocycles. The Labute approximate surface area is 151 Å². The molecule has 6 nitrogen and oxygen atoms in total. The maximum absolute atomic E-state index is 12.8. The van der Waals surface area contributed by atoms with Crippen molar-refractivity contribution >= 4 is 17.2 Å². The zero-order valence-corrected chi connectivity index (χ0v) is 15.1. The Balaban J connectivity index is 1.41. The minimum atomic E-state index is -0.204. The van der Waals surface area contributed by atoms with Crippen LogP contribution in [0.3, 0.4) is 0 Å². The van der Waals surface area contributed by atoms with E-state index in [1.807, 2.05) is 10.8 Å². The third-order valence-corrected chi connectivity index (χ3v) is 5.83. The van der Waals surface area contributed by atoms with E-state index in [4.69, 9.17) is 4.74 Å². The normalized spacial score (nSPS) is 21.8. The molecule has 0 aromatic carbocycles. The van der Waals surface area contributed by atoms with Gasteiger partial charge in [-0.1, -0.05) is 0 Å². The van der Waals surface area contributed by atoms with Crippen LogP contribution in [0.25, 0.3) is 0 Å². The van der Waals surface area contributed by atoms with Crippen LogP contribution < -0.4 is 5.32 Å². The molecular formula is C18H24N4O2S.